The molecule has 0 aromatic heterocycles. The Labute approximate surface area is 73.5 Å². The molecule has 0 radical (unpaired) electrons. The summed E-state index contributed by atoms with van der Waals surface area (Å²) >= 11 is 9.29. The van der Waals surface area contributed by atoms with E-state index in [0.717, 1.165) is 4.48 Å². The van der Waals surface area contributed by atoms with Gasteiger partial charge in [-0.05, 0) is 38.8 Å². The fourth-order valence-electron chi connectivity index (χ4n) is 0.164. The van der Waals surface area contributed by atoms with E-state index in [2.05, 4.69) is 47.8 Å². The minimum Gasteiger partial charge on any atom is -0.501 e. The van der Waals surface area contributed by atoms with Crippen LogP contribution in [0.1, 0.15) is 6.92 Å². The van der Waals surface area contributed by atoms with E-state index in [-0.39, 0.29) is 9.50 Å². The summed E-state index contributed by atoms with van der Waals surface area (Å²) in [5, 5.41) is 8.71. The van der Waals surface area contributed by atoms with Crippen LogP contribution in [0.2, 0.25) is 0 Å². The highest BCUT2D eigenvalue weighted by Gasteiger charge is 2.03. The SMILES string of the molecule is CC(Br)/C(Br)=C(/O)Br. The molecular weight excluding hydrogens is 304 g/mol. The van der Waals surface area contributed by atoms with Crippen molar-refractivity contribution in [2.75, 3.05) is 0 Å². The van der Waals surface area contributed by atoms with Crippen molar-refractivity contribution in [2.45, 2.75) is 11.8 Å². The summed E-state index contributed by atoms with van der Waals surface area (Å²) in [6.07, 6.45) is 0. The molecule has 0 saturated carbocycles. The molecule has 0 amide bonds. The van der Waals surface area contributed by atoms with Crippen LogP contribution in [0.15, 0.2) is 9.15 Å². The third kappa shape index (κ3) is 3.10. The number of hydrogen-bond acceptors (Lipinski definition) is 1. The molecule has 8 heavy (non-hydrogen) atoms. The van der Waals surface area contributed by atoms with Gasteiger partial charge in [-0.1, -0.05) is 15.9 Å². The first-order valence-electron chi connectivity index (χ1n) is 1.94. The maximum absolute atomic E-state index is 8.71. The van der Waals surface area contributed by atoms with Crippen LogP contribution < -0.4 is 0 Å². The molecule has 0 aliphatic carbocycles. The molecule has 1 unspecified atom stereocenters. The molecule has 0 heterocycles. The Morgan fingerprint density at radius 2 is 1.88 bits per heavy atom. The maximum Gasteiger partial charge on any atom is 0.170 e. The average Bonchev–Trinajstić information content (AvgIpc) is 1.64. The molecule has 0 fully saturated rings. The van der Waals surface area contributed by atoms with Crippen LogP contribution in [0.4, 0.5) is 0 Å². The van der Waals surface area contributed by atoms with Gasteiger partial charge in [-0.25, -0.2) is 0 Å². The third-order valence-electron chi connectivity index (χ3n) is 0.546. The van der Waals surface area contributed by atoms with Gasteiger partial charge < -0.3 is 5.11 Å². The number of alkyl halides is 1. The maximum atomic E-state index is 8.71. The summed E-state index contributed by atoms with van der Waals surface area (Å²) in [7, 11) is 0. The molecule has 0 aliphatic rings. The van der Waals surface area contributed by atoms with E-state index in [1.54, 1.807) is 0 Å². The first-order valence-corrected chi connectivity index (χ1v) is 4.44. The van der Waals surface area contributed by atoms with Crippen molar-refractivity contribution >= 4 is 47.8 Å². The van der Waals surface area contributed by atoms with Gasteiger partial charge in [-0.15, -0.1) is 0 Å². The highest BCUT2D eigenvalue weighted by molar-refractivity contribution is 9.15. The van der Waals surface area contributed by atoms with Crippen molar-refractivity contribution in [1.82, 2.24) is 0 Å². The van der Waals surface area contributed by atoms with Gasteiger partial charge in [0.15, 0.2) is 4.67 Å². The van der Waals surface area contributed by atoms with Gasteiger partial charge in [0.25, 0.3) is 0 Å². The molecule has 0 aromatic rings. The molecule has 0 bridgehead atoms. The Morgan fingerprint density at radius 1 is 1.50 bits per heavy atom. The molecule has 0 spiro atoms. The minimum atomic E-state index is 0.141. The molecule has 1 nitrogen and oxygen atoms in total. The van der Waals surface area contributed by atoms with Crippen molar-refractivity contribution in [1.29, 1.82) is 0 Å². The zero-order valence-corrected chi connectivity index (χ0v) is 8.92. The van der Waals surface area contributed by atoms with Crippen molar-refractivity contribution in [2.24, 2.45) is 0 Å². The van der Waals surface area contributed by atoms with Crippen LogP contribution in [0.3, 0.4) is 0 Å². The van der Waals surface area contributed by atoms with E-state index < -0.39 is 0 Å². The average molecular weight is 309 g/mol. The lowest BCUT2D eigenvalue weighted by Gasteiger charge is -1.98. The molecule has 0 rings (SSSR count). The van der Waals surface area contributed by atoms with Crippen LogP contribution in [0.25, 0.3) is 0 Å². The highest BCUT2D eigenvalue weighted by Crippen LogP contribution is 2.23. The fraction of sp³-hybridized carbons (Fsp3) is 0.500. The second-order valence-electron chi connectivity index (χ2n) is 1.25. The van der Waals surface area contributed by atoms with Gasteiger partial charge in [0, 0.05) is 4.83 Å². The van der Waals surface area contributed by atoms with Crippen LogP contribution >= 0.6 is 47.8 Å². The molecule has 1 N–H and O–H groups in total. The molecular formula is C4H5Br3O. The van der Waals surface area contributed by atoms with E-state index in [9.17, 15) is 0 Å². The zero-order chi connectivity index (χ0) is 6.73. The van der Waals surface area contributed by atoms with E-state index in [1.807, 2.05) is 6.92 Å². The summed E-state index contributed by atoms with van der Waals surface area (Å²) in [5.41, 5.74) is 0. The van der Waals surface area contributed by atoms with E-state index >= 15 is 0 Å². The minimum absolute atomic E-state index is 0.141. The number of halogens is 3. The lowest BCUT2D eigenvalue weighted by atomic mass is 10.5. The lowest BCUT2D eigenvalue weighted by molar-refractivity contribution is 0.457. The summed E-state index contributed by atoms with van der Waals surface area (Å²) in [4.78, 5) is 0.155. The van der Waals surface area contributed by atoms with Gasteiger partial charge >= 0.3 is 0 Å². The van der Waals surface area contributed by atoms with Gasteiger partial charge in [-0.3, -0.25) is 0 Å². The highest BCUT2D eigenvalue weighted by atomic mass is 79.9. The molecule has 0 aliphatic heterocycles. The van der Waals surface area contributed by atoms with Crippen molar-refractivity contribution in [3.8, 4) is 0 Å². The molecule has 48 valence electrons. The van der Waals surface area contributed by atoms with Crippen LogP contribution in [-0.4, -0.2) is 9.93 Å². The Hall–Kier alpha value is 0.980. The Kier molecular flexibility index (Phi) is 4.38. The normalized spacial score (nSPS) is 17.5. The van der Waals surface area contributed by atoms with E-state index in [1.165, 1.54) is 0 Å². The third-order valence-corrected chi connectivity index (χ3v) is 3.64. The number of rotatable bonds is 1. The Balaban J connectivity index is 4.00. The number of aliphatic hydroxyl groups is 1. The molecule has 0 saturated heterocycles. The van der Waals surface area contributed by atoms with Crippen LogP contribution in [0.5, 0.6) is 0 Å². The topological polar surface area (TPSA) is 20.2 Å². The molecule has 0 aromatic carbocycles. The second kappa shape index (κ2) is 3.90. The van der Waals surface area contributed by atoms with Gasteiger partial charge in [-0.2, -0.15) is 0 Å². The number of hydrogen-bond donors (Lipinski definition) is 1. The summed E-state index contributed by atoms with van der Waals surface area (Å²) < 4.78 is 0.861. The number of allylic oxidation sites excluding steroid dienone is 1. The standard InChI is InChI=1S/C4H5Br3O/c1-2(5)3(6)4(7)8/h2,8H,1H3/b4-3-. The Morgan fingerprint density at radius 3 is 1.88 bits per heavy atom. The molecule has 1 atom stereocenters. The van der Waals surface area contributed by atoms with E-state index in [0.29, 0.717) is 0 Å². The quantitative estimate of drug-likeness (QED) is 0.582. The van der Waals surface area contributed by atoms with Crippen molar-refractivity contribution in [3.05, 3.63) is 9.15 Å². The van der Waals surface area contributed by atoms with Gasteiger partial charge in [0.2, 0.25) is 0 Å². The van der Waals surface area contributed by atoms with Crippen molar-refractivity contribution < 1.29 is 5.11 Å². The first kappa shape index (κ1) is 8.98. The number of aliphatic hydroxyl groups excluding tert-OH is 1. The largest absolute Gasteiger partial charge is 0.501 e. The van der Waals surface area contributed by atoms with Crippen LogP contribution in [0, 0.1) is 0 Å². The van der Waals surface area contributed by atoms with Crippen LogP contribution in [-0.2, 0) is 0 Å². The van der Waals surface area contributed by atoms with Crippen molar-refractivity contribution in [3.63, 3.8) is 0 Å². The molecule has 4 heteroatoms. The smallest absolute Gasteiger partial charge is 0.170 e. The Bertz CT molecular complexity index is 104. The van der Waals surface area contributed by atoms with E-state index in [4.69, 9.17) is 5.11 Å². The van der Waals surface area contributed by atoms with Gasteiger partial charge in [0.1, 0.15) is 0 Å². The monoisotopic (exact) mass is 306 g/mol. The summed E-state index contributed by atoms with van der Waals surface area (Å²) in [6.45, 7) is 1.90. The summed E-state index contributed by atoms with van der Waals surface area (Å²) in [5.74, 6) is 0. The fourth-order valence-corrected chi connectivity index (χ4v) is 1.03. The zero-order valence-electron chi connectivity index (χ0n) is 4.16. The predicted octanol–water partition coefficient (Wildman–Crippen LogP) is 3.29. The first-order chi connectivity index (χ1) is 3.55. The van der Waals surface area contributed by atoms with Gasteiger partial charge in [0.05, 0.1) is 4.48 Å². The second-order valence-corrected chi connectivity index (χ2v) is 4.23. The lowest BCUT2D eigenvalue weighted by Crippen LogP contribution is -1.89. The summed E-state index contributed by atoms with van der Waals surface area (Å²) in [6, 6.07) is 0. The predicted molar refractivity (Wildman–Crippen MR) is 45.9 cm³/mol.